The zero-order valence-electron chi connectivity index (χ0n) is 20.8. The lowest BCUT2D eigenvalue weighted by Gasteiger charge is -2.08. The van der Waals surface area contributed by atoms with Gasteiger partial charge in [-0.05, 0) is 61.0 Å². The lowest BCUT2D eigenvalue weighted by molar-refractivity contribution is 0.102. The second-order valence-electron chi connectivity index (χ2n) is 9.17. The van der Waals surface area contributed by atoms with Crippen LogP contribution in [-0.2, 0) is 0 Å². The highest BCUT2D eigenvalue weighted by molar-refractivity contribution is 7.15. The number of carbonyl (C=O) groups is 1. The summed E-state index contributed by atoms with van der Waals surface area (Å²) in [6.07, 6.45) is 5.21. The Morgan fingerprint density at radius 2 is 1.85 bits per heavy atom. The lowest BCUT2D eigenvalue weighted by atomic mass is 10.0. The van der Waals surface area contributed by atoms with E-state index in [4.69, 9.17) is 4.98 Å². The van der Waals surface area contributed by atoms with Crippen LogP contribution in [0.25, 0.3) is 55.2 Å². The Morgan fingerprint density at radius 3 is 2.69 bits per heavy atom. The zero-order valence-corrected chi connectivity index (χ0v) is 21.6. The molecule has 1 amide bonds. The number of rotatable bonds is 5. The fourth-order valence-electron chi connectivity index (χ4n) is 4.63. The zero-order chi connectivity index (χ0) is 26.3. The summed E-state index contributed by atoms with van der Waals surface area (Å²) in [5, 5.41) is 11.5. The monoisotopic (exact) mass is 527 g/mol. The third-order valence-electron chi connectivity index (χ3n) is 6.54. The highest BCUT2D eigenvalue weighted by atomic mass is 32.1. The number of nitrogens with zero attached hydrogens (tertiary/aromatic N) is 4. The van der Waals surface area contributed by atoms with Crippen LogP contribution in [0, 0.1) is 6.92 Å². The number of thiophene rings is 1. The number of carbonyl (C=O) groups excluding carboxylic acids is 1. The fraction of sp³-hybridized carbons (Fsp3) is 0.0333. The molecule has 0 aliphatic rings. The van der Waals surface area contributed by atoms with Gasteiger partial charge in [-0.2, -0.15) is 5.10 Å². The standard InChI is InChI=1S/C30H21N7OS/c1-17-7-10-25(39-17)22-11-12-32-28-26(22)34-29(35-28)27-23-14-19(8-9-24(23)36-37-27)20-13-21(16-31-15-20)33-30(38)18-5-3-2-4-6-18/h2-16H,1H3,(H,33,38)(H,36,37)(H,32,34,35). The molecule has 7 rings (SSSR count). The number of hydrogen-bond donors (Lipinski definition) is 3. The summed E-state index contributed by atoms with van der Waals surface area (Å²) in [7, 11) is 0. The normalized spacial score (nSPS) is 11.3. The molecule has 0 bridgehead atoms. The molecule has 0 unspecified atom stereocenters. The number of H-pyrrole nitrogens is 2. The first-order valence-corrected chi connectivity index (χ1v) is 13.2. The van der Waals surface area contributed by atoms with Crippen LogP contribution in [0.4, 0.5) is 5.69 Å². The summed E-state index contributed by atoms with van der Waals surface area (Å²) in [5.74, 6) is 0.460. The van der Waals surface area contributed by atoms with E-state index < -0.39 is 0 Å². The van der Waals surface area contributed by atoms with Gasteiger partial charge in [-0.3, -0.25) is 14.9 Å². The summed E-state index contributed by atoms with van der Waals surface area (Å²) < 4.78 is 0. The minimum absolute atomic E-state index is 0.183. The van der Waals surface area contributed by atoms with Crippen molar-refractivity contribution in [3.8, 4) is 33.1 Å². The van der Waals surface area contributed by atoms with Crippen molar-refractivity contribution in [1.29, 1.82) is 0 Å². The van der Waals surface area contributed by atoms with Crippen molar-refractivity contribution < 1.29 is 4.79 Å². The third kappa shape index (κ3) is 4.24. The molecule has 9 heteroatoms. The molecule has 7 aromatic rings. The minimum Gasteiger partial charge on any atom is -0.321 e. The average molecular weight is 528 g/mol. The number of aromatic nitrogens is 6. The average Bonchev–Trinajstić information content (AvgIpc) is 3.71. The molecule has 0 fully saturated rings. The van der Waals surface area contributed by atoms with E-state index in [1.165, 1.54) is 4.88 Å². The first-order valence-electron chi connectivity index (χ1n) is 12.3. The molecule has 0 radical (unpaired) electrons. The maximum Gasteiger partial charge on any atom is 0.255 e. The van der Waals surface area contributed by atoms with E-state index in [1.54, 1.807) is 42.1 Å². The number of hydrogen-bond acceptors (Lipinski definition) is 6. The van der Waals surface area contributed by atoms with E-state index in [9.17, 15) is 4.79 Å². The third-order valence-corrected chi connectivity index (χ3v) is 7.58. The second-order valence-corrected chi connectivity index (χ2v) is 10.5. The van der Waals surface area contributed by atoms with Crippen LogP contribution < -0.4 is 5.32 Å². The number of amides is 1. The summed E-state index contributed by atoms with van der Waals surface area (Å²) >= 11 is 1.73. The van der Waals surface area contributed by atoms with Gasteiger partial charge in [0.15, 0.2) is 11.5 Å². The molecule has 0 saturated heterocycles. The number of benzene rings is 2. The Kier molecular flexibility index (Phi) is 5.49. The molecule has 5 heterocycles. The van der Waals surface area contributed by atoms with Crippen molar-refractivity contribution in [1.82, 2.24) is 30.1 Å². The van der Waals surface area contributed by atoms with E-state index in [0.29, 0.717) is 28.4 Å². The molecular formula is C30H21N7OS. The molecule has 0 atom stereocenters. The molecular weight excluding hydrogens is 506 g/mol. The van der Waals surface area contributed by atoms with E-state index in [1.807, 2.05) is 42.5 Å². The van der Waals surface area contributed by atoms with Gasteiger partial charge in [0, 0.05) is 44.2 Å². The smallest absolute Gasteiger partial charge is 0.255 e. The highest BCUT2D eigenvalue weighted by Gasteiger charge is 2.17. The Bertz CT molecular complexity index is 1990. The van der Waals surface area contributed by atoms with Crippen LogP contribution in [0.2, 0.25) is 0 Å². The topological polar surface area (TPSA) is 112 Å². The molecule has 8 nitrogen and oxygen atoms in total. The number of aryl methyl sites for hydroxylation is 1. The molecule has 2 aromatic carbocycles. The van der Waals surface area contributed by atoms with Crippen LogP contribution in [0.3, 0.4) is 0 Å². The summed E-state index contributed by atoms with van der Waals surface area (Å²) in [4.78, 5) is 32.2. The van der Waals surface area contributed by atoms with Gasteiger partial charge in [0.1, 0.15) is 11.2 Å². The number of pyridine rings is 2. The molecule has 0 aliphatic heterocycles. The fourth-order valence-corrected chi connectivity index (χ4v) is 5.53. The largest absolute Gasteiger partial charge is 0.321 e. The van der Waals surface area contributed by atoms with Gasteiger partial charge in [-0.25, -0.2) is 9.97 Å². The van der Waals surface area contributed by atoms with Crippen LogP contribution in [-0.4, -0.2) is 36.0 Å². The van der Waals surface area contributed by atoms with Gasteiger partial charge in [0.2, 0.25) is 0 Å². The Balaban J connectivity index is 1.25. The number of nitrogens with one attached hydrogen (secondary N) is 3. The van der Waals surface area contributed by atoms with Crippen molar-refractivity contribution in [2.45, 2.75) is 6.92 Å². The van der Waals surface area contributed by atoms with Crippen molar-refractivity contribution >= 4 is 45.0 Å². The van der Waals surface area contributed by atoms with Crippen LogP contribution in [0.15, 0.2) is 91.4 Å². The summed E-state index contributed by atoms with van der Waals surface area (Å²) in [5.41, 5.74) is 7.19. The lowest BCUT2D eigenvalue weighted by Crippen LogP contribution is -2.11. The van der Waals surface area contributed by atoms with Crippen molar-refractivity contribution in [2.24, 2.45) is 0 Å². The Hall–Kier alpha value is -5.15. The van der Waals surface area contributed by atoms with Crippen molar-refractivity contribution in [3.05, 3.63) is 102 Å². The van der Waals surface area contributed by atoms with E-state index in [-0.39, 0.29) is 5.91 Å². The van der Waals surface area contributed by atoms with Crippen molar-refractivity contribution in [2.75, 3.05) is 5.32 Å². The van der Waals surface area contributed by atoms with Crippen LogP contribution in [0.1, 0.15) is 15.2 Å². The molecule has 0 spiro atoms. The first kappa shape index (κ1) is 23.0. The van der Waals surface area contributed by atoms with Crippen LogP contribution in [0.5, 0.6) is 0 Å². The molecule has 39 heavy (non-hydrogen) atoms. The predicted molar refractivity (Wildman–Crippen MR) is 155 cm³/mol. The predicted octanol–water partition coefficient (Wildman–Crippen LogP) is 6.85. The number of aromatic amines is 2. The first-order chi connectivity index (χ1) is 19.1. The van der Waals surface area contributed by atoms with Gasteiger partial charge in [0.05, 0.1) is 17.4 Å². The maximum absolute atomic E-state index is 12.6. The maximum atomic E-state index is 12.6. The Labute approximate surface area is 226 Å². The second kappa shape index (κ2) is 9.30. The van der Waals surface area contributed by atoms with Gasteiger partial charge >= 0.3 is 0 Å². The van der Waals surface area contributed by atoms with E-state index >= 15 is 0 Å². The highest BCUT2D eigenvalue weighted by Crippen LogP contribution is 2.35. The SMILES string of the molecule is Cc1ccc(-c2ccnc3[nH]c(-c4n[nH]c5ccc(-c6cncc(NC(=O)c7ccccc7)c6)cc45)nc23)s1. The van der Waals surface area contributed by atoms with Crippen LogP contribution >= 0.6 is 11.3 Å². The van der Waals surface area contributed by atoms with Gasteiger partial charge in [0.25, 0.3) is 5.91 Å². The molecule has 3 N–H and O–H groups in total. The molecule has 0 saturated carbocycles. The molecule has 0 aliphatic carbocycles. The number of imidazole rings is 1. The summed E-state index contributed by atoms with van der Waals surface area (Å²) in [6, 6.07) is 23.3. The quantitative estimate of drug-likeness (QED) is 0.227. The van der Waals surface area contributed by atoms with Gasteiger partial charge in [-0.1, -0.05) is 24.3 Å². The van der Waals surface area contributed by atoms with Gasteiger partial charge in [-0.15, -0.1) is 11.3 Å². The number of fused-ring (bicyclic) bond motifs is 2. The van der Waals surface area contributed by atoms with E-state index in [2.05, 4.69) is 55.6 Å². The van der Waals surface area contributed by atoms with Gasteiger partial charge < -0.3 is 10.3 Å². The minimum atomic E-state index is -0.183. The molecule has 188 valence electrons. The van der Waals surface area contributed by atoms with Crippen molar-refractivity contribution in [3.63, 3.8) is 0 Å². The van der Waals surface area contributed by atoms with E-state index in [0.717, 1.165) is 38.0 Å². The molecule has 5 aromatic heterocycles. The summed E-state index contributed by atoms with van der Waals surface area (Å²) in [6.45, 7) is 2.10. The Morgan fingerprint density at radius 1 is 0.949 bits per heavy atom. The number of anilines is 1.